The molecule has 2 aromatic carbocycles. The molecule has 1 saturated heterocycles. The van der Waals surface area contributed by atoms with Crippen LogP contribution in [-0.2, 0) is 20.0 Å². The minimum absolute atomic E-state index is 0.215. The summed E-state index contributed by atoms with van der Waals surface area (Å²) in [6.45, 7) is 0.487. The van der Waals surface area contributed by atoms with Gasteiger partial charge in [0.15, 0.2) is 0 Å². The van der Waals surface area contributed by atoms with Gasteiger partial charge in [-0.2, -0.15) is 4.80 Å². The average Bonchev–Trinajstić information content (AvgIpc) is 3.61. The Morgan fingerprint density at radius 1 is 1.12 bits per heavy atom. The molecule has 0 aliphatic carbocycles. The smallest absolute Gasteiger partial charge is 0.271 e. The summed E-state index contributed by atoms with van der Waals surface area (Å²) in [4.78, 5) is 16.3. The molecule has 1 fully saturated rings. The Kier molecular flexibility index (Phi) is 5.98. The van der Waals surface area contributed by atoms with E-state index in [0.717, 1.165) is 16.0 Å². The van der Waals surface area contributed by atoms with Crippen molar-refractivity contribution in [1.29, 1.82) is 0 Å². The van der Waals surface area contributed by atoms with Crippen molar-refractivity contribution in [3.63, 3.8) is 0 Å². The number of amides is 1. The standard InChI is InChI=1S/C28H27F3N6O3/c1-27(15-38)13-28(30,31)14-37(27)26(39)22-12-20(16-4-6-18(29)7-5-16)24-19-11-21(25-32-34-35(2)33-25)23(40-3)10-17(19)8-9-36(22)24/h4-7,10-12,38H,8-9,13-15H2,1-3H3. The van der Waals surface area contributed by atoms with Crippen molar-refractivity contribution in [2.45, 2.75) is 37.8 Å². The van der Waals surface area contributed by atoms with Crippen LogP contribution in [0, 0.1) is 5.82 Å². The van der Waals surface area contributed by atoms with Crippen LogP contribution >= 0.6 is 0 Å². The third-order valence-corrected chi connectivity index (χ3v) is 7.77. The van der Waals surface area contributed by atoms with Gasteiger partial charge in [0.1, 0.15) is 17.3 Å². The number of nitrogens with zero attached hydrogens (tertiary/aromatic N) is 6. The van der Waals surface area contributed by atoms with E-state index in [-0.39, 0.29) is 5.69 Å². The van der Waals surface area contributed by atoms with Gasteiger partial charge >= 0.3 is 0 Å². The van der Waals surface area contributed by atoms with Crippen LogP contribution in [0.15, 0.2) is 42.5 Å². The Morgan fingerprint density at radius 3 is 2.52 bits per heavy atom. The molecule has 0 bridgehead atoms. The molecule has 1 amide bonds. The number of likely N-dealkylation sites (tertiary alicyclic amines) is 1. The highest BCUT2D eigenvalue weighted by Gasteiger charge is 2.54. The maximum Gasteiger partial charge on any atom is 0.271 e. The van der Waals surface area contributed by atoms with Gasteiger partial charge in [-0.1, -0.05) is 12.1 Å². The zero-order valence-corrected chi connectivity index (χ0v) is 22.2. The largest absolute Gasteiger partial charge is 0.496 e. The summed E-state index contributed by atoms with van der Waals surface area (Å²) in [7, 11) is 3.21. The molecule has 4 heterocycles. The van der Waals surface area contributed by atoms with Crippen LogP contribution in [0.5, 0.6) is 5.75 Å². The van der Waals surface area contributed by atoms with E-state index in [1.807, 2.05) is 16.7 Å². The van der Waals surface area contributed by atoms with Crippen LogP contribution in [0.2, 0.25) is 0 Å². The third-order valence-electron chi connectivity index (χ3n) is 7.77. The predicted octanol–water partition coefficient (Wildman–Crippen LogP) is 3.95. The van der Waals surface area contributed by atoms with E-state index in [4.69, 9.17) is 4.74 Å². The molecule has 0 radical (unpaired) electrons. The first kappa shape index (κ1) is 26.1. The summed E-state index contributed by atoms with van der Waals surface area (Å²) in [5, 5.41) is 22.4. The van der Waals surface area contributed by atoms with Crippen molar-refractivity contribution in [3.8, 4) is 39.5 Å². The Morgan fingerprint density at radius 2 is 1.88 bits per heavy atom. The van der Waals surface area contributed by atoms with E-state index in [0.29, 0.717) is 46.9 Å². The normalized spacial score (nSPS) is 19.4. The van der Waals surface area contributed by atoms with Crippen LogP contribution in [0.4, 0.5) is 13.2 Å². The molecule has 2 aromatic heterocycles. The molecular weight excluding hydrogens is 525 g/mol. The Bertz CT molecular complexity index is 1630. The van der Waals surface area contributed by atoms with Gasteiger partial charge in [-0.3, -0.25) is 4.79 Å². The minimum Gasteiger partial charge on any atom is -0.496 e. The lowest BCUT2D eigenvalue weighted by Crippen LogP contribution is -2.48. The Labute approximate surface area is 227 Å². The number of hydrogen-bond acceptors (Lipinski definition) is 6. The van der Waals surface area contributed by atoms with Crippen molar-refractivity contribution in [3.05, 3.63) is 59.5 Å². The fraction of sp³-hybridized carbons (Fsp3) is 0.357. The van der Waals surface area contributed by atoms with Crippen LogP contribution < -0.4 is 4.74 Å². The zero-order chi connectivity index (χ0) is 28.4. The summed E-state index contributed by atoms with van der Waals surface area (Å²) in [5.41, 5.74) is 3.11. The lowest BCUT2D eigenvalue weighted by atomic mass is 9.91. The number of carbonyl (C=O) groups excluding carboxylic acids is 1. The molecule has 0 saturated carbocycles. The summed E-state index contributed by atoms with van der Waals surface area (Å²) >= 11 is 0. The molecule has 2 aliphatic rings. The fourth-order valence-electron chi connectivity index (χ4n) is 5.84. The monoisotopic (exact) mass is 552 g/mol. The fourth-order valence-corrected chi connectivity index (χ4v) is 5.84. The van der Waals surface area contributed by atoms with E-state index >= 15 is 0 Å². The Hall–Kier alpha value is -4.19. The van der Waals surface area contributed by atoms with Gasteiger partial charge < -0.3 is 19.3 Å². The number of tetrazole rings is 1. The van der Waals surface area contributed by atoms with Crippen LogP contribution in [-0.4, -0.2) is 72.4 Å². The van der Waals surface area contributed by atoms with Gasteiger partial charge in [-0.25, -0.2) is 13.2 Å². The van der Waals surface area contributed by atoms with E-state index in [9.17, 15) is 23.1 Å². The summed E-state index contributed by atoms with van der Waals surface area (Å²) in [6, 6.07) is 11.3. The molecule has 12 heteroatoms. The number of ether oxygens (including phenoxy) is 1. The van der Waals surface area contributed by atoms with Crippen LogP contribution in [0.1, 0.15) is 29.4 Å². The predicted molar refractivity (Wildman–Crippen MR) is 139 cm³/mol. The number of fused-ring (bicyclic) bond motifs is 3. The molecule has 40 heavy (non-hydrogen) atoms. The molecule has 208 valence electrons. The van der Waals surface area contributed by atoms with Crippen molar-refractivity contribution in [2.24, 2.45) is 7.05 Å². The highest BCUT2D eigenvalue weighted by molar-refractivity contribution is 5.99. The second-order valence-corrected chi connectivity index (χ2v) is 10.6. The summed E-state index contributed by atoms with van der Waals surface area (Å²) in [5.74, 6) is -3.22. The topological polar surface area (TPSA) is 98.3 Å². The SMILES string of the molecule is COc1cc2c(cc1-c1nnn(C)n1)-c1c(-c3ccc(F)cc3)cc(C(=O)N3CC(F)(F)CC3(C)CO)n1CC2. The number of aromatic nitrogens is 5. The van der Waals surface area contributed by atoms with Gasteiger partial charge in [-0.05, 0) is 60.0 Å². The van der Waals surface area contributed by atoms with Gasteiger partial charge in [-0.15, -0.1) is 10.2 Å². The number of methoxy groups -OCH3 is 1. The van der Waals surface area contributed by atoms with E-state index in [1.54, 1.807) is 32.4 Å². The maximum atomic E-state index is 14.5. The van der Waals surface area contributed by atoms with E-state index in [2.05, 4.69) is 15.4 Å². The van der Waals surface area contributed by atoms with Gasteiger partial charge in [0.2, 0.25) is 5.82 Å². The second kappa shape index (κ2) is 9.19. The number of aryl methyl sites for hydroxylation is 2. The summed E-state index contributed by atoms with van der Waals surface area (Å²) in [6.07, 6.45) is -0.0875. The highest BCUT2D eigenvalue weighted by Crippen LogP contribution is 2.46. The number of aliphatic hydroxyl groups is 1. The molecule has 6 rings (SSSR count). The molecule has 4 aromatic rings. The number of aliphatic hydroxyl groups excluding tert-OH is 1. The van der Waals surface area contributed by atoms with Crippen molar-refractivity contribution in [2.75, 3.05) is 20.3 Å². The molecule has 1 unspecified atom stereocenters. The number of hydrogen-bond donors (Lipinski definition) is 1. The van der Waals surface area contributed by atoms with Crippen molar-refractivity contribution >= 4 is 5.91 Å². The molecule has 2 aliphatic heterocycles. The first-order valence-corrected chi connectivity index (χ1v) is 12.8. The number of alkyl halides is 2. The molecular formula is C28H27F3N6O3. The lowest BCUT2D eigenvalue weighted by Gasteiger charge is -2.33. The van der Waals surface area contributed by atoms with E-state index < -0.39 is 42.8 Å². The highest BCUT2D eigenvalue weighted by atomic mass is 19.3. The van der Waals surface area contributed by atoms with Gasteiger partial charge in [0.05, 0.1) is 44.1 Å². The Balaban J connectivity index is 1.57. The molecule has 0 spiro atoms. The van der Waals surface area contributed by atoms with Gasteiger partial charge in [0, 0.05) is 24.1 Å². The maximum absolute atomic E-state index is 14.5. The van der Waals surface area contributed by atoms with Crippen LogP contribution in [0.3, 0.4) is 0 Å². The molecule has 9 nitrogen and oxygen atoms in total. The zero-order valence-electron chi connectivity index (χ0n) is 22.2. The van der Waals surface area contributed by atoms with Crippen molar-refractivity contribution < 1.29 is 27.8 Å². The van der Waals surface area contributed by atoms with E-state index in [1.165, 1.54) is 23.9 Å². The average molecular weight is 553 g/mol. The number of carbonyl (C=O) groups is 1. The quantitative estimate of drug-likeness (QED) is 0.403. The first-order chi connectivity index (χ1) is 19.0. The second-order valence-electron chi connectivity index (χ2n) is 10.6. The van der Waals surface area contributed by atoms with Crippen molar-refractivity contribution in [1.82, 2.24) is 29.7 Å². The molecule has 1 atom stereocenters. The minimum atomic E-state index is -3.12. The molecule has 1 N–H and O–H groups in total. The lowest BCUT2D eigenvalue weighted by molar-refractivity contribution is 0.0103. The number of rotatable bonds is 5. The number of halogens is 3. The van der Waals surface area contributed by atoms with Gasteiger partial charge in [0.25, 0.3) is 11.8 Å². The first-order valence-electron chi connectivity index (χ1n) is 12.8. The third kappa shape index (κ3) is 4.14. The number of benzene rings is 2. The summed E-state index contributed by atoms with van der Waals surface area (Å²) < 4.78 is 50.3. The van der Waals surface area contributed by atoms with Crippen LogP contribution in [0.25, 0.3) is 33.8 Å².